The highest BCUT2D eigenvalue weighted by molar-refractivity contribution is 6.30. The summed E-state index contributed by atoms with van der Waals surface area (Å²) in [5.41, 5.74) is 1.42. The highest BCUT2D eigenvalue weighted by Gasteiger charge is 2.14. The van der Waals surface area contributed by atoms with Crippen LogP contribution in [-0.2, 0) is 6.54 Å². The van der Waals surface area contributed by atoms with Crippen molar-refractivity contribution in [2.24, 2.45) is 0 Å². The number of carbonyl (C=O) groups excluding carboxylic acids is 1. The summed E-state index contributed by atoms with van der Waals surface area (Å²) in [6.45, 7) is 3.25. The van der Waals surface area contributed by atoms with Gasteiger partial charge in [-0.25, -0.2) is 4.98 Å². The van der Waals surface area contributed by atoms with Crippen molar-refractivity contribution < 1.29 is 4.79 Å². The van der Waals surface area contributed by atoms with Crippen LogP contribution in [0.5, 0.6) is 0 Å². The molecule has 1 aromatic carbocycles. The second kappa shape index (κ2) is 7.09. The number of aromatic nitrogens is 1. The summed E-state index contributed by atoms with van der Waals surface area (Å²) >= 11 is 5.96. The molecule has 0 bridgehead atoms. The Morgan fingerprint density at radius 1 is 1.29 bits per heavy atom. The lowest BCUT2D eigenvalue weighted by atomic mass is 10.2. The van der Waals surface area contributed by atoms with Gasteiger partial charge >= 0.3 is 0 Å². The van der Waals surface area contributed by atoms with E-state index in [-0.39, 0.29) is 5.91 Å². The van der Waals surface area contributed by atoms with Crippen LogP contribution in [0.4, 0.5) is 5.82 Å². The molecule has 0 saturated heterocycles. The van der Waals surface area contributed by atoms with E-state index < -0.39 is 0 Å². The predicted octanol–water partition coefficient (Wildman–Crippen LogP) is 3.44. The van der Waals surface area contributed by atoms with Crippen molar-refractivity contribution in [3.05, 3.63) is 58.7 Å². The number of hydrogen-bond donors (Lipinski definition) is 1. The summed E-state index contributed by atoms with van der Waals surface area (Å²) in [7, 11) is 1.75. The molecule has 4 nitrogen and oxygen atoms in total. The Morgan fingerprint density at radius 2 is 2.05 bits per heavy atom. The number of benzene rings is 1. The van der Waals surface area contributed by atoms with E-state index in [1.165, 1.54) is 0 Å². The van der Waals surface area contributed by atoms with Gasteiger partial charge in [-0.3, -0.25) is 4.79 Å². The molecule has 0 aliphatic rings. The van der Waals surface area contributed by atoms with Crippen LogP contribution in [0.1, 0.15) is 23.0 Å². The molecule has 1 amide bonds. The lowest BCUT2D eigenvalue weighted by molar-refractivity contribution is 0.0779. The summed E-state index contributed by atoms with van der Waals surface area (Å²) < 4.78 is 0. The molecule has 5 heteroatoms. The van der Waals surface area contributed by atoms with Gasteiger partial charge in [-0.15, -0.1) is 0 Å². The summed E-state index contributed by atoms with van der Waals surface area (Å²) in [6.07, 6.45) is 0. The lowest BCUT2D eigenvalue weighted by Gasteiger charge is -2.17. The smallest absolute Gasteiger partial charge is 0.272 e. The van der Waals surface area contributed by atoms with Gasteiger partial charge in [0.2, 0.25) is 0 Å². The van der Waals surface area contributed by atoms with E-state index in [2.05, 4.69) is 10.3 Å². The number of anilines is 1. The molecule has 0 atom stereocenters. The fourth-order valence-corrected chi connectivity index (χ4v) is 2.22. The Morgan fingerprint density at radius 3 is 2.76 bits per heavy atom. The Kier molecular flexibility index (Phi) is 5.17. The van der Waals surface area contributed by atoms with E-state index in [4.69, 9.17) is 11.6 Å². The van der Waals surface area contributed by atoms with E-state index >= 15 is 0 Å². The molecule has 0 saturated carbocycles. The van der Waals surface area contributed by atoms with E-state index in [9.17, 15) is 4.79 Å². The zero-order valence-corrected chi connectivity index (χ0v) is 12.9. The monoisotopic (exact) mass is 303 g/mol. The van der Waals surface area contributed by atoms with E-state index in [0.29, 0.717) is 23.1 Å². The number of pyridine rings is 1. The maximum atomic E-state index is 12.4. The molecule has 0 fully saturated rings. The van der Waals surface area contributed by atoms with Crippen LogP contribution in [0.15, 0.2) is 42.5 Å². The van der Waals surface area contributed by atoms with Crippen LogP contribution < -0.4 is 5.32 Å². The first-order chi connectivity index (χ1) is 10.1. The largest absolute Gasteiger partial charge is 0.370 e. The Labute approximate surface area is 129 Å². The van der Waals surface area contributed by atoms with Gasteiger partial charge in [-0.1, -0.05) is 29.8 Å². The van der Waals surface area contributed by atoms with E-state index in [1.807, 2.05) is 43.3 Å². The highest BCUT2D eigenvalue weighted by atomic mass is 35.5. The molecule has 2 rings (SSSR count). The average molecular weight is 304 g/mol. The molecule has 2 aromatic rings. The number of hydrogen-bond acceptors (Lipinski definition) is 3. The predicted molar refractivity (Wildman–Crippen MR) is 85.7 cm³/mol. The van der Waals surface area contributed by atoms with Crippen molar-refractivity contribution in [3.63, 3.8) is 0 Å². The Hall–Kier alpha value is -2.07. The molecule has 110 valence electrons. The third-order valence-corrected chi connectivity index (χ3v) is 3.22. The van der Waals surface area contributed by atoms with E-state index in [0.717, 1.165) is 12.1 Å². The normalized spacial score (nSPS) is 10.2. The first kappa shape index (κ1) is 15.3. The highest BCUT2D eigenvalue weighted by Crippen LogP contribution is 2.13. The zero-order valence-electron chi connectivity index (χ0n) is 12.1. The lowest BCUT2D eigenvalue weighted by Crippen LogP contribution is -2.27. The Balaban J connectivity index is 2.10. The minimum absolute atomic E-state index is 0.116. The molecule has 0 aliphatic heterocycles. The third kappa shape index (κ3) is 4.20. The maximum Gasteiger partial charge on any atom is 0.272 e. The quantitative estimate of drug-likeness (QED) is 0.920. The number of amides is 1. The van der Waals surface area contributed by atoms with Crippen LogP contribution in [0, 0.1) is 0 Å². The SMILES string of the molecule is CCNc1cccc(C(=O)N(C)Cc2cccc(Cl)c2)n1. The van der Waals surface area contributed by atoms with Gasteiger partial charge in [0, 0.05) is 25.2 Å². The number of halogens is 1. The number of carbonyl (C=O) groups is 1. The first-order valence-electron chi connectivity index (χ1n) is 6.81. The molecular formula is C16H18ClN3O. The molecule has 0 unspecified atom stereocenters. The summed E-state index contributed by atoms with van der Waals surface area (Å²) in [5.74, 6) is 0.592. The Bertz CT molecular complexity index is 630. The summed E-state index contributed by atoms with van der Waals surface area (Å²) in [4.78, 5) is 18.3. The molecule has 21 heavy (non-hydrogen) atoms. The van der Waals surface area contributed by atoms with Crippen molar-refractivity contribution >= 4 is 23.3 Å². The van der Waals surface area contributed by atoms with Gasteiger partial charge in [0.25, 0.3) is 5.91 Å². The van der Waals surface area contributed by atoms with Crippen LogP contribution in [0.2, 0.25) is 5.02 Å². The summed E-state index contributed by atoms with van der Waals surface area (Å²) in [5, 5.41) is 3.77. The van der Waals surface area contributed by atoms with Crippen molar-refractivity contribution in [1.29, 1.82) is 0 Å². The van der Waals surface area contributed by atoms with Crippen LogP contribution in [0.25, 0.3) is 0 Å². The molecule has 1 heterocycles. The van der Waals surface area contributed by atoms with Crippen molar-refractivity contribution in [1.82, 2.24) is 9.88 Å². The molecule has 0 aliphatic carbocycles. The maximum absolute atomic E-state index is 12.4. The van der Waals surface area contributed by atoms with Crippen molar-refractivity contribution in [2.75, 3.05) is 18.9 Å². The standard InChI is InChI=1S/C16H18ClN3O/c1-3-18-15-9-5-8-14(19-15)16(21)20(2)11-12-6-4-7-13(17)10-12/h4-10H,3,11H2,1-2H3,(H,18,19). The fourth-order valence-electron chi connectivity index (χ4n) is 2.01. The molecule has 0 spiro atoms. The third-order valence-electron chi connectivity index (χ3n) is 2.98. The number of rotatable bonds is 5. The molecular weight excluding hydrogens is 286 g/mol. The van der Waals surface area contributed by atoms with Gasteiger partial charge in [0.1, 0.15) is 11.5 Å². The van der Waals surface area contributed by atoms with Crippen molar-refractivity contribution in [2.45, 2.75) is 13.5 Å². The topological polar surface area (TPSA) is 45.2 Å². The first-order valence-corrected chi connectivity index (χ1v) is 7.18. The zero-order chi connectivity index (χ0) is 15.2. The average Bonchev–Trinajstić information content (AvgIpc) is 2.47. The van der Waals surface area contributed by atoms with Gasteiger partial charge in [-0.2, -0.15) is 0 Å². The van der Waals surface area contributed by atoms with Gasteiger partial charge in [-0.05, 0) is 36.8 Å². The van der Waals surface area contributed by atoms with Gasteiger partial charge < -0.3 is 10.2 Å². The van der Waals surface area contributed by atoms with Crippen LogP contribution in [0.3, 0.4) is 0 Å². The number of nitrogens with one attached hydrogen (secondary N) is 1. The van der Waals surface area contributed by atoms with Crippen LogP contribution in [-0.4, -0.2) is 29.4 Å². The fraction of sp³-hybridized carbons (Fsp3) is 0.250. The number of nitrogens with zero attached hydrogens (tertiary/aromatic N) is 2. The molecule has 1 N–H and O–H groups in total. The second-order valence-electron chi connectivity index (χ2n) is 4.73. The van der Waals surface area contributed by atoms with Crippen LogP contribution >= 0.6 is 11.6 Å². The van der Waals surface area contributed by atoms with Gasteiger partial charge in [0.05, 0.1) is 0 Å². The van der Waals surface area contributed by atoms with Gasteiger partial charge in [0.15, 0.2) is 0 Å². The van der Waals surface area contributed by atoms with E-state index in [1.54, 1.807) is 18.0 Å². The second-order valence-corrected chi connectivity index (χ2v) is 5.17. The van der Waals surface area contributed by atoms with Crippen molar-refractivity contribution in [3.8, 4) is 0 Å². The molecule has 1 aromatic heterocycles. The molecule has 0 radical (unpaired) electrons. The minimum atomic E-state index is -0.116. The minimum Gasteiger partial charge on any atom is -0.370 e. The summed E-state index contributed by atoms with van der Waals surface area (Å²) in [6, 6.07) is 12.9.